The molecule has 1 saturated heterocycles. The van der Waals surface area contributed by atoms with Gasteiger partial charge in [0, 0.05) is 24.3 Å². The SMILES string of the molecule is CCNCCC(=O)NCC1(C)CCCS1. The van der Waals surface area contributed by atoms with Crippen LogP contribution < -0.4 is 10.6 Å². The molecule has 1 heterocycles. The minimum Gasteiger partial charge on any atom is -0.355 e. The Morgan fingerprint density at radius 1 is 1.53 bits per heavy atom. The Kier molecular flexibility index (Phi) is 5.47. The van der Waals surface area contributed by atoms with E-state index in [0.29, 0.717) is 6.42 Å². The summed E-state index contributed by atoms with van der Waals surface area (Å²) in [6.45, 7) is 6.83. The minimum absolute atomic E-state index is 0.171. The minimum atomic E-state index is 0.171. The number of hydrogen-bond donors (Lipinski definition) is 2. The van der Waals surface area contributed by atoms with E-state index in [4.69, 9.17) is 0 Å². The van der Waals surface area contributed by atoms with Gasteiger partial charge in [0.05, 0.1) is 0 Å². The van der Waals surface area contributed by atoms with Gasteiger partial charge in [-0.15, -0.1) is 0 Å². The lowest BCUT2D eigenvalue weighted by Crippen LogP contribution is -2.37. The van der Waals surface area contributed by atoms with E-state index < -0.39 is 0 Å². The molecule has 1 fully saturated rings. The first-order valence-electron chi connectivity index (χ1n) is 5.78. The standard InChI is InChI=1S/C11H22N2OS/c1-3-12-7-5-10(14)13-9-11(2)6-4-8-15-11/h12H,3-9H2,1-2H3,(H,13,14). The third-order valence-electron chi connectivity index (χ3n) is 2.74. The van der Waals surface area contributed by atoms with Gasteiger partial charge in [-0.2, -0.15) is 11.8 Å². The van der Waals surface area contributed by atoms with Crippen molar-refractivity contribution in [3.8, 4) is 0 Å². The van der Waals surface area contributed by atoms with E-state index >= 15 is 0 Å². The molecule has 0 saturated carbocycles. The molecule has 1 atom stereocenters. The summed E-state index contributed by atoms with van der Waals surface area (Å²) >= 11 is 1.98. The van der Waals surface area contributed by atoms with E-state index in [1.165, 1.54) is 18.6 Å². The number of nitrogens with one attached hydrogen (secondary N) is 2. The first-order chi connectivity index (χ1) is 7.16. The maximum absolute atomic E-state index is 11.5. The molecule has 0 aromatic rings. The molecule has 0 aromatic heterocycles. The van der Waals surface area contributed by atoms with Crippen molar-refractivity contribution in [3.63, 3.8) is 0 Å². The zero-order valence-electron chi connectivity index (χ0n) is 9.77. The van der Waals surface area contributed by atoms with Crippen LogP contribution in [0.2, 0.25) is 0 Å². The molecule has 15 heavy (non-hydrogen) atoms. The van der Waals surface area contributed by atoms with Crippen LogP contribution in [0.25, 0.3) is 0 Å². The van der Waals surface area contributed by atoms with E-state index in [1.807, 2.05) is 18.7 Å². The molecule has 1 rings (SSSR count). The van der Waals surface area contributed by atoms with Crippen LogP contribution in [0.3, 0.4) is 0 Å². The topological polar surface area (TPSA) is 41.1 Å². The summed E-state index contributed by atoms with van der Waals surface area (Å²) < 4.78 is 0.286. The van der Waals surface area contributed by atoms with Gasteiger partial charge in [-0.1, -0.05) is 6.92 Å². The van der Waals surface area contributed by atoms with Gasteiger partial charge < -0.3 is 10.6 Å². The van der Waals surface area contributed by atoms with Crippen LogP contribution in [0.15, 0.2) is 0 Å². The van der Waals surface area contributed by atoms with Gasteiger partial charge in [-0.05, 0) is 32.1 Å². The molecular formula is C11H22N2OS. The fourth-order valence-electron chi connectivity index (χ4n) is 1.73. The fraction of sp³-hybridized carbons (Fsp3) is 0.909. The van der Waals surface area contributed by atoms with Crippen LogP contribution in [0.1, 0.15) is 33.1 Å². The molecule has 1 amide bonds. The lowest BCUT2D eigenvalue weighted by molar-refractivity contribution is -0.121. The number of carbonyl (C=O) groups is 1. The lowest BCUT2D eigenvalue weighted by Gasteiger charge is -2.22. The molecule has 0 aliphatic carbocycles. The van der Waals surface area contributed by atoms with Crippen LogP contribution >= 0.6 is 11.8 Å². The van der Waals surface area contributed by atoms with Gasteiger partial charge in [0.25, 0.3) is 0 Å². The molecule has 4 heteroatoms. The normalized spacial score (nSPS) is 25.5. The Bertz CT molecular complexity index is 203. The monoisotopic (exact) mass is 230 g/mol. The van der Waals surface area contributed by atoms with Crippen LogP contribution in [0.4, 0.5) is 0 Å². The van der Waals surface area contributed by atoms with E-state index in [2.05, 4.69) is 17.6 Å². The molecule has 1 aliphatic rings. The number of hydrogen-bond acceptors (Lipinski definition) is 3. The molecule has 2 N–H and O–H groups in total. The van der Waals surface area contributed by atoms with Crippen LogP contribution in [-0.2, 0) is 4.79 Å². The van der Waals surface area contributed by atoms with E-state index in [9.17, 15) is 4.79 Å². The summed E-state index contributed by atoms with van der Waals surface area (Å²) in [7, 11) is 0. The van der Waals surface area contributed by atoms with Gasteiger partial charge >= 0.3 is 0 Å². The summed E-state index contributed by atoms with van der Waals surface area (Å²) in [6.07, 6.45) is 3.11. The van der Waals surface area contributed by atoms with E-state index in [-0.39, 0.29) is 10.7 Å². The molecule has 88 valence electrons. The molecule has 0 spiro atoms. The number of thioether (sulfide) groups is 1. The van der Waals surface area contributed by atoms with Crippen molar-refractivity contribution < 1.29 is 4.79 Å². The van der Waals surface area contributed by atoms with Gasteiger partial charge in [0.15, 0.2) is 0 Å². The zero-order chi connectivity index (χ0) is 11.1. The Morgan fingerprint density at radius 3 is 2.93 bits per heavy atom. The lowest BCUT2D eigenvalue weighted by atomic mass is 10.1. The van der Waals surface area contributed by atoms with Crippen molar-refractivity contribution >= 4 is 17.7 Å². The quantitative estimate of drug-likeness (QED) is 0.678. The van der Waals surface area contributed by atoms with Gasteiger partial charge in [-0.3, -0.25) is 4.79 Å². The number of rotatable bonds is 6. The predicted molar refractivity (Wildman–Crippen MR) is 66.3 cm³/mol. The molecule has 1 unspecified atom stereocenters. The maximum Gasteiger partial charge on any atom is 0.221 e. The first kappa shape index (κ1) is 12.8. The second-order valence-corrected chi connectivity index (χ2v) is 5.96. The highest BCUT2D eigenvalue weighted by atomic mass is 32.2. The van der Waals surface area contributed by atoms with E-state index in [1.54, 1.807) is 0 Å². The third kappa shape index (κ3) is 4.89. The fourth-order valence-corrected chi connectivity index (χ4v) is 2.97. The number of amides is 1. The van der Waals surface area contributed by atoms with Crippen molar-refractivity contribution in [3.05, 3.63) is 0 Å². The largest absolute Gasteiger partial charge is 0.355 e. The molecule has 1 aliphatic heterocycles. The van der Waals surface area contributed by atoms with Crippen LogP contribution in [0.5, 0.6) is 0 Å². The Hall–Kier alpha value is -0.220. The maximum atomic E-state index is 11.5. The Balaban J connectivity index is 2.10. The summed E-state index contributed by atoms with van der Waals surface area (Å²) in [6, 6.07) is 0. The molecule has 3 nitrogen and oxygen atoms in total. The van der Waals surface area contributed by atoms with Crippen molar-refractivity contribution in [2.24, 2.45) is 0 Å². The highest BCUT2D eigenvalue weighted by molar-refractivity contribution is 8.00. The summed E-state index contributed by atoms with van der Waals surface area (Å²) in [4.78, 5) is 11.5. The van der Waals surface area contributed by atoms with Crippen LogP contribution in [0, 0.1) is 0 Å². The Morgan fingerprint density at radius 2 is 2.33 bits per heavy atom. The van der Waals surface area contributed by atoms with Crippen LogP contribution in [-0.4, -0.2) is 36.0 Å². The second-order valence-electron chi connectivity index (χ2n) is 4.28. The van der Waals surface area contributed by atoms with Gasteiger partial charge in [0.2, 0.25) is 5.91 Å². The molecular weight excluding hydrogens is 208 g/mol. The Labute approximate surface area is 96.8 Å². The highest BCUT2D eigenvalue weighted by Crippen LogP contribution is 2.36. The smallest absolute Gasteiger partial charge is 0.221 e. The highest BCUT2D eigenvalue weighted by Gasteiger charge is 2.29. The molecule has 0 aromatic carbocycles. The summed E-state index contributed by atoms with van der Waals surface area (Å²) in [5.74, 6) is 1.41. The zero-order valence-corrected chi connectivity index (χ0v) is 10.6. The first-order valence-corrected chi connectivity index (χ1v) is 6.76. The second kappa shape index (κ2) is 6.38. The third-order valence-corrected chi connectivity index (χ3v) is 4.28. The molecule has 0 radical (unpaired) electrons. The van der Waals surface area contributed by atoms with Gasteiger partial charge in [-0.25, -0.2) is 0 Å². The average molecular weight is 230 g/mol. The van der Waals surface area contributed by atoms with Gasteiger partial charge in [0.1, 0.15) is 0 Å². The predicted octanol–water partition coefficient (Wildman–Crippen LogP) is 1.39. The summed E-state index contributed by atoms with van der Waals surface area (Å²) in [5.41, 5.74) is 0. The van der Waals surface area contributed by atoms with E-state index in [0.717, 1.165) is 19.6 Å². The van der Waals surface area contributed by atoms with Crippen molar-refractivity contribution in [2.75, 3.05) is 25.4 Å². The molecule has 0 bridgehead atoms. The average Bonchev–Trinajstić information content (AvgIpc) is 2.64. The van der Waals surface area contributed by atoms with Crippen molar-refractivity contribution in [2.45, 2.75) is 37.9 Å². The summed E-state index contributed by atoms with van der Waals surface area (Å²) in [5, 5.41) is 6.17. The number of carbonyl (C=O) groups excluding carboxylic acids is 1. The van der Waals surface area contributed by atoms with Crippen molar-refractivity contribution in [1.82, 2.24) is 10.6 Å². The van der Waals surface area contributed by atoms with Crippen molar-refractivity contribution in [1.29, 1.82) is 0 Å².